The molecule has 3 aromatic rings. The minimum atomic E-state index is -0.367. The van der Waals surface area contributed by atoms with Crippen LogP contribution in [0.5, 0.6) is 5.75 Å². The molecule has 0 aliphatic rings. The molecule has 0 saturated heterocycles. The van der Waals surface area contributed by atoms with E-state index < -0.39 is 0 Å². The van der Waals surface area contributed by atoms with Crippen LogP contribution >= 0.6 is 0 Å². The van der Waals surface area contributed by atoms with Crippen LogP contribution in [-0.4, -0.2) is 23.2 Å². The van der Waals surface area contributed by atoms with Gasteiger partial charge in [0.2, 0.25) is 17.6 Å². The van der Waals surface area contributed by atoms with Crippen LogP contribution in [0, 0.1) is 5.82 Å². The van der Waals surface area contributed by atoms with E-state index in [0.717, 1.165) is 11.3 Å². The van der Waals surface area contributed by atoms with Crippen molar-refractivity contribution in [3.63, 3.8) is 0 Å². The summed E-state index contributed by atoms with van der Waals surface area (Å²) in [6.07, 6.45) is -0.0689. The maximum atomic E-state index is 12.8. The smallest absolute Gasteiger partial charge is 0.236 e. The Morgan fingerprint density at radius 3 is 2.54 bits per heavy atom. The van der Waals surface area contributed by atoms with Gasteiger partial charge in [-0.2, -0.15) is 4.98 Å². The number of nitrogens with one attached hydrogen (secondary N) is 1. The molecule has 6 nitrogen and oxygen atoms in total. The summed E-state index contributed by atoms with van der Waals surface area (Å²) in [6, 6.07) is 12.7. The number of halogens is 1. The maximum absolute atomic E-state index is 12.8. The molecule has 1 aromatic heterocycles. The molecule has 0 atom stereocenters. The van der Waals surface area contributed by atoms with E-state index in [2.05, 4.69) is 15.5 Å². The van der Waals surface area contributed by atoms with Crippen LogP contribution in [0.15, 0.2) is 53.1 Å². The Kier molecular flexibility index (Phi) is 4.51. The number of aromatic nitrogens is 2. The van der Waals surface area contributed by atoms with Crippen molar-refractivity contribution >= 4 is 11.6 Å². The fourth-order valence-corrected chi connectivity index (χ4v) is 2.06. The molecular weight excluding hydrogens is 313 g/mol. The molecule has 1 amide bonds. The highest BCUT2D eigenvalue weighted by Gasteiger charge is 2.13. The molecule has 1 heterocycles. The molecule has 0 spiro atoms. The zero-order valence-electron chi connectivity index (χ0n) is 12.8. The number of benzene rings is 2. The van der Waals surface area contributed by atoms with Crippen LogP contribution in [0.2, 0.25) is 0 Å². The zero-order chi connectivity index (χ0) is 16.9. The molecule has 0 unspecified atom stereocenters. The second-order valence-corrected chi connectivity index (χ2v) is 4.97. The molecule has 0 bridgehead atoms. The molecule has 0 fully saturated rings. The molecule has 1 N–H and O–H groups in total. The first kappa shape index (κ1) is 15.7. The number of rotatable bonds is 5. The van der Waals surface area contributed by atoms with Crippen molar-refractivity contribution in [3.8, 4) is 17.1 Å². The summed E-state index contributed by atoms with van der Waals surface area (Å²) in [6.45, 7) is 0. The average Bonchev–Trinajstić information content (AvgIpc) is 3.05. The Morgan fingerprint density at radius 2 is 1.88 bits per heavy atom. The first-order valence-electron chi connectivity index (χ1n) is 7.16. The van der Waals surface area contributed by atoms with E-state index in [4.69, 9.17) is 9.26 Å². The van der Waals surface area contributed by atoms with Gasteiger partial charge in [0, 0.05) is 11.3 Å². The number of hydrogen-bond donors (Lipinski definition) is 1. The predicted molar refractivity (Wildman–Crippen MR) is 85.0 cm³/mol. The number of amides is 1. The fraction of sp³-hybridized carbons (Fsp3) is 0.118. The number of carbonyl (C=O) groups is 1. The van der Waals surface area contributed by atoms with Gasteiger partial charge in [-0.25, -0.2) is 4.39 Å². The van der Waals surface area contributed by atoms with Gasteiger partial charge in [-0.05, 0) is 48.5 Å². The summed E-state index contributed by atoms with van der Waals surface area (Å²) in [5.41, 5.74) is 1.25. The minimum absolute atomic E-state index is 0.0689. The molecule has 122 valence electrons. The highest BCUT2D eigenvalue weighted by Crippen LogP contribution is 2.20. The Bertz CT molecular complexity index is 829. The quantitative estimate of drug-likeness (QED) is 0.779. The predicted octanol–water partition coefficient (Wildman–Crippen LogP) is 3.07. The van der Waals surface area contributed by atoms with Crippen molar-refractivity contribution in [2.45, 2.75) is 6.42 Å². The van der Waals surface area contributed by atoms with Crippen molar-refractivity contribution in [3.05, 3.63) is 60.2 Å². The van der Waals surface area contributed by atoms with Gasteiger partial charge >= 0.3 is 0 Å². The Morgan fingerprint density at radius 1 is 1.17 bits per heavy atom. The summed E-state index contributed by atoms with van der Waals surface area (Å²) in [5.74, 6) is 0.615. The first-order chi connectivity index (χ1) is 11.6. The van der Waals surface area contributed by atoms with E-state index in [-0.39, 0.29) is 24.0 Å². The second kappa shape index (κ2) is 6.91. The molecule has 0 aliphatic heterocycles. The van der Waals surface area contributed by atoms with Crippen molar-refractivity contribution in [2.75, 3.05) is 12.4 Å². The third-order valence-electron chi connectivity index (χ3n) is 3.26. The summed E-state index contributed by atoms with van der Waals surface area (Å²) in [4.78, 5) is 16.1. The first-order valence-corrected chi connectivity index (χ1v) is 7.16. The summed E-state index contributed by atoms with van der Waals surface area (Å²) in [7, 11) is 1.58. The molecule has 2 aromatic carbocycles. The Balaban J connectivity index is 1.64. The molecule has 0 saturated carbocycles. The van der Waals surface area contributed by atoms with E-state index in [9.17, 15) is 9.18 Å². The summed E-state index contributed by atoms with van der Waals surface area (Å²) >= 11 is 0. The molecule has 3 rings (SSSR count). The van der Waals surface area contributed by atoms with Crippen LogP contribution in [0.4, 0.5) is 10.1 Å². The Hall–Kier alpha value is -3.22. The van der Waals surface area contributed by atoms with Crippen LogP contribution in [0.3, 0.4) is 0 Å². The van der Waals surface area contributed by atoms with E-state index in [1.165, 1.54) is 24.3 Å². The summed E-state index contributed by atoms with van der Waals surface area (Å²) in [5, 5.41) is 6.49. The Labute approximate surface area is 137 Å². The number of hydrogen-bond acceptors (Lipinski definition) is 5. The number of methoxy groups -OCH3 is 1. The lowest BCUT2D eigenvalue weighted by Gasteiger charge is -2.02. The third kappa shape index (κ3) is 3.75. The van der Waals surface area contributed by atoms with E-state index in [0.29, 0.717) is 11.5 Å². The highest BCUT2D eigenvalue weighted by atomic mass is 19.1. The lowest BCUT2D eigenvalue weighted by Crippen LogP contribution is -2.14. The van der Waals surface area contributed by atoms with E-state index >= 15 is 0 Å². The lowest BCUT2D eigenvalue weighted by atomic mass is 10.2. The van der Waals surface area contributed by atoms with Gasteiger partial charge in [0.05, 0.1) is 7.11 Å². The average molecular weight is 327 g/mol. The van der Waals surface area contributed by atoms with Gasteiger partial charge < -0.3 is 14.6 Å². The van der Waals surface area contributed by atoms with Gasteiger partial charge in [-0.15, -0.1) is 0 Å². The minimum Gasteiger partial charge on any atom is -0.497 e. The van der Waals surface area contributed by atoms with Gasteiger partial charge in [-0.3, -0.25) is 4.79 Å². The second-order valence-electron chi connectivity index (χ2n) is 4.97. The largest absolute Gasteiger partial charge is 0.497 e. The van der Waals surface area contributed by atoms with Crippen molar-refractivity contribution < 1.29 is 18.4 Å². The van der Waals surface area contributed by atoms with Gasteiger partial charge in [0.1, 0.15) is 18.0 Å². The number of anilines is 1. The zero-order valence-corrected chi connectivity index (χ0v) is 12.8. The number of carbonyl (C=O) groups excluding carboxylic acids is 1. The molecule has 0 radical (unpaired) electrons. The molecule has 0 aliphatic carbocycles. The number of nitrogens with zero attached hydrogens (tertiary/aromatic N) is 2. The van der Waals surface area contributed by atoms with E-state index in [1.54, 1.807) is 31.4 Å². The van der Waals surface area contributed by atoms with Gasteiger partial charge in [0.25, 0.3) is 0 Å². The van der Waals surface area contributed by atoms with Crippen molar-refractivity contribution in [2.24, 2.45) is 0 Å². The lowest BCUT2D eigenvalue weighted by molar-refractivity contribution is -0.115. The monoisotopic (exact) mass is 327 g/mol. The van der Waals surface area contributed by atoms with E-state index in [1.807, 2.05) is 0 Å². The molecule has 24 heavy (non-hydrogen) atoms. The van der Waals surface area contributed by atoms with Crippen LogP contribution in [0.1, 0.15) is 5.89 Å². The summed E-state index contributed by atoms with van der Waals surface area (Å²) < 4.78 is 23.0. The van der Waals surface area contributed by atoms with Gasteiger partial charge in [-0.1, -0.05) is 5.16 Å². The topological polar surface area (TPSA) is 77.2 Å². The van der Waals surface area contributed by atoms with Crippen molar-refractivity contribution in [1.29, 1.82) is 0 Å². The molecular formula is C17H14FN3O3. The van der Waals surface area contributed by atoms with Crippen LogP contribution in [0.25, 0.3) is 11.4 Å². The third-order valence-corrected chi connectivity index (χ3v) is 3.26. The van der Waals surface area contributed by atoms with Gasteiger partial charge in [0.15, 0.2) is 0 Å². The van der Waals surface area contributed by atoms with Crippen LogP contribution < -0.4 is 10.1 Å². The normalized spacial score (nSPS) is 10.4. The number of ether oxygens (including phenoxy) is 1. The van der Waals surface area contributed by atoms with Crippen LogP contribution in [-0.2, 0) is 11.2 Å². The SMILES string of the molecule is COc1ccc(-c2noc(CC(=O)Nc3ccc(F)cc3)n2)cc1. The van der Waals surface area contributed by atoms with Crippen molar-refractivity contribution in [1.82, 2.24) is 10.1 Å². The fourth-order valence-electron chi connectivity index (χ4n) is 2.06. The maximum Gasteiger partial charge on any atom is 0.236 e. The highest BCUT2D eigenvalue weighted by molar-refractivity contribution is 5.91. The standard InChI is InChI=1S/C17H14FN3O3/c1-23-14-8-2-11(3-9-14)17-20-16(24-21-17)10-15(22)19-13-6-4-12(18)5-7-13/h2-9H,10H2,1H3,(H,19,22). The molecule has 7 heteroatoms.